The monoisotopic (exact) mass is 180 g/mol. The van der Waals surface area contributed by atoms with Crippen LogP contribution in [-0.2, 0) is 9.53 Å². The minimum atomic E-state index is -0.914. The van der Waals surface area contributed by atoms with Gasteiger partial charge in [-0.25, -0.2) is 0 Å². The number of hydrogen-bond acceptors (Lipinski definition) is 2. The molecule has 1 aliphatic carbocycles. The van der Waals surface area contributed by atoms with Gasteiger partial charge in [0.15, 0.2) is 0 Å². The Bertz CT molecular complexity index is 278. The first-order valence-corrected chi connectivity index (χ1v) is 3.94. The number of ether oxygens (including phenoxy) is 1. The molecular formula is C10H12O3. The topological polar surface area (TPSA) is 46.5 Å². The maximum Gasteiger partial charge on any atom is 0.314 e. The molecule has 13 heavy (non-hydrogen) atoms. The molecule has 3 heteroatoms. The molecule has 70 valence electrons. The standard InChI is InChI=1S/C10H12O3/c1-3-10(13-2)7-5-4-6-8(10)9(11)12/h3-8H,1H2,2H3,(H,11,12). The molecule has 0 radical (unpaired) electrons. The van der Waals surface area contributed by atoms with Crippen molar-refractivity contribution in [3.63, 3.8) is 0 Å². The van der Waals surface area contributed by atoms with Gasteiger partial charge in [-0.2, -0.15) is 0 Å². The zero-order valence-electron chi connectivity index (χ0n) is 7.43. The SMILES string of the molecule is C=CC1(OC)C=CC=CC1C(=O)O. The molecule has 0 bridgehead atoms. The summed E-state index contributed by atoms with van der Waals surface area (Å²) in [6.07, 6.45) is 8.24. The Labute approximate surface area is 77.0 Å². The normalized spacial score (nSPS) is 31.6. The molecule has 0 aliphatic heterocycles. The zero-order chi connectivity index (χ0) is 9.90. The van der Waals surface area contributed by atoms with E-state index in [9.17, 15) is 4.79 Å². The third-order valence-corrected chi connectivity index (χ3v) is 2.20. The Balaban J connectivity index is 3.05. The summed E-state index contributed by atoms with van der Waals surface area (Å²) < 4.78 is 5.16. The van der Waals surface area contributed by atoms with Crippen molar-refractivity contribution >= 4 is 5.97 Å². The van der Waals surface area contributed by atoms with Crippen LogP contribution in [0.25, 0.3) is 0 Å². The summed E-state index contributed by atoms with van der Waals surface area (Å²) in [6, 6.07) is 0. The van der Waals surface area contributed by atoms with E-state index in [1.165, 1.54) is 13.2 Å². The van der Waals surface area contributed by atoms with E-state index < -0.39 is 17.5 Å². The van der Waals surface area contributed by atoms with E-state index in [0.29, 0.717) is 0 Å². The molecule has 0 fully saturated rings. The van der Waals surface area contributed by atoms with E-state index >= 15 is 0 Å². The summed E-state index contributed by atoms with van der Waals surface area (Å²) in [5.74, 6) is -1.61. The van der Waals surface area contributed by atoms with Gasteiger partial charge >= 0.3 is 5.97 Å². The number of carboxylic acid groups (broad SMARTS) is 1. The van der Waals surface area contributed by atoms with E-state index in [0.717, 1.165) is 0 Å². The fourth-order valence-electron chi connectivity index (χ4n) is 1.38. The minimum Gasteiger partial charge on any atom is -0.481 e. The van der Waals surface area contributed by atoms with E-state index in [4.69, 9.17) is 9.84 Å². The summed E-state index contributed by atoms with van der Waals surface area (Å²) in [6.45, 7) is 3.59. The van der Waals surface area contributed by atoms with Gasteiger partial charge in [0.05, 0.1) is 0 Å². The lowest BCUT2D eigenvalue weighted by atomic mass is 9.84. The smallest absolute Gasteiger partial charge is 0.314 e. The fraction of sp³-hybridized carbons (Fsp3) is 0.300. The second kappa shape index (κ2) is 3.58. The predicted molar refractivity (Wildman–Crippen MR) is 49.3 cm³/mol. The summed E-state index contributed by atoms with van der Waals surface area (Å²) in [7, 11) is 1.47. The van der Waals surface area contributed by atoms with Gasteiger partial charge in [-0.05, 0) is 6.08 Å². The molecule has 0 saturated carbocycles. The number of methoxy groups -OCH3 is 1. The molecule has 1 N–H and O–H groups in total. The summed E-state index contributed by atoms with van der Waals surface area (Å²) in [4.78, 5) is 10.9. The van der Waals surface area contributed by atoms with Crippen LogP contribution in [0.15, 0.2) is 37.0 Å². The van der Waals surface area contributed by atoms with Gasteiger partial charge in [0.1, 0.15) is 11.5 Å². The highest BCUT2D eigenvalue weighted by Gasteiger charge is 2.38. The second-order valence-corrected chi connectivity index (χ2v) is 2.82. The highest BCUT2D eigenvalue weighted by molar-refractivity contribution is 5.75. The Hall–Kier alpha value is -1.35. The first kappa shape index (κ1) is 9.74. The third kappa shape index (κ3) is 1.55. The van der Waals surface area contributed by atoms with Crippen LogP contribution in [0.3, 0.4) is 0 Å². The van der Waals surface area contributed by atoms with Gasteiger partial charge in [-0.1, -0.05) is 30.9 Å². The fourth-order valence-corrected chi connectivity index (χ4v) is 1.38. The van der Waals surface area contributed by atoms with Crippen molar-refractivity contribution in [1.29, 1.82) is 0 Å². The third-order valence-electron chi connectivity index (χ3n) is 2.20. The van der Waals surface area contributed by atoms with E-state index in [2.05, 4.69) is 6.58 Å². The van der Waals surface area contributed by atoms with Gasteiger partial charge in [0.2, 0.25) is 0 Å². The van der Waals surface area contributed by atoms with Crippen LogP contribution >= 0.6 is 0 Å². The molecule has 0 amide bonds. The van der Waals surface area contributed by atoms with E-state index in [-0.39, 0.29) is 0 Å². The Morgan fingerprint density at radius 1 is 1.69 bits per heavy atom. The van der Waals surface area contributed by atoms with Gasteiger partial charge in [0.25, 0.3) is 0 Å². The predicted octanol–water partition coefficient (Wildman–Crippen LogP) is 1.38. The molecule has 0 saturated heterocycles. The number of hydrogen-bond donors (Lipinski definition) is 1. The number of carbonyl (C=O) groups is 1. The highest BCUT2D eigenvalue weighted by Crippen LogP contribution is 2.29. The number of aliphatic carboxylic acids is 1. The van der Waals surface area contributed by atoms with E-state index in [1.54, 1.807) is 24.3 Å². The Morgan fingerprint density at radius 3 is 2.77 bits per heavy atom. The van der Waals surface area contributed by atoms with Crippen molar-refractivity contribution < 1.29 is 14.6 Å². The molecular weight excluding hydrogens is 168 g/mol. The summed E-state index contributed by atoms with van der Waals surface area (Å²) in [5.41, 5.74) is -0.902. The average molecular weight is 180 g/mol. The molecule has 3 nitrogen and oxygen atoms in total. The molecule has 2 atom stereocenters. The molecule has 2 unspecified atom stereocenters. The van der Waals surface area contributed by atoms with Crippen molar-refractivity contribution in [3.05, 3.63) is 37.0 Å². The largest absolute Gasteiger partial charge is 0.481 e. The molecule has 0 aromatic rings. The lowest BCUT2D eigenvalue weighted by Crippen LogP contribution is -2.40. The Kier molecular flexibility index (Phi) is 2.68. The van der Waals surface area contributed by atoms with Crippen LogP contribution in [0.2, 0.25) is 0 Å². The van der Waals surface area contributed by atoms with Crippen LogP contribution in [0.5, 0.6) is 0 Å². The first-order valence-electron chi connectivity index (χ1n) is 3.94. The minimum absolute atomic E-state index is 0.694. The molecule has 0 heterocycles. The van der Waals surface area contributed by atoms with Crippen molar-refractivity contribution in [3.8, 4) is 0 Å². The van der Waals surface area contributed by atoms with Crippen LogP contribution in [0.4, 0.5) is 0 Å². The summed E-state index contributed by atoms with van der Waals surface area (Å²) in [5, 5.41) is 8.92. The summed E-state index contributed by atoms with van der Waals surface area (Å²) >= 11 is 0. The number of allylic oxidation sites excluding steroid dienone is 2. The molecule has 0 spiro atoms. The van der Waals surface area contributed by atoms with Gasteiger partial charge in [-0.3, -0.25) is 4.79 Å². The van der Waals surface area contributed by atoms with Crippen LogP contribution in [-0.4, -0.2) is 23.8 Å². The second-order valence-electron chi connectivity index (χ2n) is 2.82. The average Bonchev–Trinajstić information content (AvgIpc) is 2.17. The van der Waals surface area contributed by atoms with E-state index in [1.807, 2.05) is 0 Å². The quantitative estimate of drug-likeness (QED) is 0.667. The molecule has 1 rings (SSSR count). The van der Waals surface area contributed by atoms with Gasteiger partial charge in [0, 0.05) is 7.11 Å². The van der Waals surface area contributed by atoms with Crippen molar-refractivity contribution in [2.75, 3.05) is 7.11 Å². The van der Waals surface area contributed by atoms with Crippen LogP contribution < -0.4 is 0 Å². The maximum atomic E-state index is 10.9. The van der Waals surface area contributed by atoms with Gasteiger partial charge in [-0.15, -0.1) is 0 Å². The molecule has 0 aromatic carbocycles. The zero-order valence-corrected chi connectivity index (χ0v) is 7.43. The van der Waals surface area contributed by atoms with Crippen LogP contribution in [0, 0.1) is 5.92 Å². The first-order chi connectivity index (χ1) is 6.16. The van der Waals surface area contributed by atoms with Crippen molar-refractivity contribution in [2.24, 2.45) is 5.92 Å². The van der Waals surface area contributed by atoms with Gasteiger partial charge < -0.3 is 9.84 Å². The lowest BCUT2D eigenvalue weighted by molar-refractivity contribution is -0.145. The molecule has 1 aliphatic rings. The lowest BCUT2D eigenvalue weighted by Gasteiger charge is -2.31. The molecule has 0 aromatic heterocycles. The van der Waals surface area contributed by atoms with Crippen molar-refractivity contribution in [2.45, 2.75) is 5.60 Å². The highest BCUT2D eigenvalue weighted by atomic mass is 16.5. The van der Waals surface area contributed by atoms with Crippen LogP contribution in [0.1, 0.15) is 0 Å². The maximum absolute atomic E-state index is 10.9. The number of carboxylic acids is 1. The Morgan fingerprint density at radius 2 is 2.38 bits per heavy atom. The van der Waals surface area contributed by atoms with Crippen molar-refractivity contribution in [1.82, 2.24) is 0 Å². The number of rotatable bonds is 3.